The Morgan fingerprint density at radius 1 is 1.24 bits per heavy atom. The molecule has 3 rings (SSSR count). The molecule has 0 aliphatic rings. The number of carbonyl (C=O) groups is 1. The summed E-state index contributed by atoms with van der Waals surface area (Å²) >= 11 is 0. The van der Waals surface area contributed by atoms with E-state index in [4.69, 9.17) is 9.26 Å². The SMILES string of the molecule is CCc1nc2ccccc2c(C(=O)OCc2nc(C(C)C)no2)c1C. The molecule has 0 spiro atoms. The van der Waals surface area contributed by atoms with Gasteiger partial charge in [0.1, 0.15) is 0 Å². The average molecular weight is 339 g/mol. The van der Waals surface area contributed by atoms with E-state index in [1.165, 1.54) is 0 Å². The van der Waals surface area contributed by atoms with Crippen molar-refractivity contribution < 1.29 is 14.1 Å². The van der Waals surface area contributed by atoms with E-state index in [-0.39, 0.29) is 12.5 Å². The van der Waals surface area contributed by atoms with Crippen molar-refractivity contribution in [1.29, 1.82) is 0 Å². The van der Waals surface area contributed by atoms with Gasteiger partial charge in [0.05, 0.1) is 11.1 Å². The van der Waals surface area contributed by atoms with Gasteiger partial charge in [-0.15, -0.1) is 0 Å². The molecule has 6 nitrogen and oxygen atoms in total. The summed E-state index contributed by atoms with van der Waals surface area (Å²) in [5, 5.41) is 4.66. The number of esters is 1. The van der Waals surface area contributed by atoms with Gasteiger partial charge >= 0.3 is 5.97 Å². The third-order valence-electron chi connectivity index (χ3n) is 4.10. The summed E-state index contributed by atoms with van der Waals surface area (Å²) < 4.78 is 10.6. The molecule has 0 N–H and O–H groups in total. The van der Waals surface area contributed by atoms with E-state index in [0.717, 1.165) is 28.6 Å². The van der Waals surface area contributed by atoms with Crippen LogP contribution in [0.25, 0.3) is 10.9 Å². The van der Waals surface area contributed by atoms with Gasteiger partial charge in [0.2, 0.25) is 0 Å². The van der Waals surface area contributed by atoms with E-state index in [9.17, 15) is 4.79 Å². The molecule has 0 aliphatic carbocycles. The van der Waals surface area contributed by atoms with Crippen LogP contribution in [0.3, 0.4) is 0 Å². The Balaban J connectivity index is 1.89. The quantitative estimate of drug-likeness (QED) is 0.655. The maximum atomic E-state index is 12.7. The van der Waals surface area contributed by atoms with Gasteiger partial charge in [-0.3, -0.25) is 4.98 Å². The minimum Gasteiger partial charge on any atom is -0.452 e. The molecular formula is C19H21N3O3. The number of carbonyl (C=O) groups excluding carboxylic acids is 1. The van der Waals surface area contributed by atoms with Crippen molar-refractivity contribution in [1.82, 2.24) is 15.1 Å². The van der Waals surface area contributed by atoms with E-state index >= 15 is 0 Å². The Bertz CT molecular complexity index is 915. The van der Waals surface area contributed by atoms with Gasteiger partial charge < -0.3 is 9.26 Å². The second kappa shape index (κ2) is 7.01. The Morgan fingerprint density at radius 2 is 2.00 bits per heavy atom. The van der Waals surface area contributed by atoms with E-state index in [0.29, 0.717) is 17.3 Å². The fourth-order valence-electron chi connectivity index (χ4n) is 2.73. The van der Waals surface area contributed by atoms with Gasteiger partial charge in [0.15, 0.2) is 12.4 Å². The zero-order valence-corrected chi connectivity index (χ0v) is 14.9. The molecule has 2 aromatic heterocycles. The van der Waals surface area contributed by atoms with Gasteiger partial charge in [-0.25, -0.2) is 4.79 Å². The number of fused-ring (bicyclic) bond motifs is 1. The van der Waals surface area contributed by atoms with Crippen LogP contribution in [0.15, 0.2) is 28.8 Å². The molecule has 0 saturated heterocycles. The van der Waals surface area contributed by atoms with Crippen molar-refractivity contribution in [2.24, 2.45) is 0 Å². The number of ether oxygens (including phenoxy) is 1. The molecule has 130 valence electrons. The van der Waals surface area contributed by atoms with Crippen molar-refractivity contribution in [2.45, 2.75) is 46.6 Å². The third kappa shape index (κ3) is 3.38. The second-order valence-corrected chi connectivity index (χ2v) is 6.21. The molecule has 0 atom stereocenters. The molecule has 1 aromatic carbocycles. The highest BCUT2D eigenvalue weighted by Gasteiger charge is 2.20. The summed E-state index contributed by atoms with van der Waals surface area (Å²) in [7, 11) is 0. The van der Waals surface area contributed by atoms with Gasteiger partial charge in [-0.05, 0) is 25.0 Å². The Hall–Kier alpha value is -2.76. The van der Waals surface area contributed by atoms with Crippen molar-refractivity contribution in [3.8, 4) is 0 Å². The monoisotopic (exact) mass is 339 g/mol. The maximum absolute atomic E-state index is 12.7. The van der Waals surface area contributed by atoms with Crippen LogP contribution >= 0.6 is 0 Å². The highest BCUT2D eigenvalue weighted by molar-refractivity contribution is 6.04. The molecule has 6 heteroatoms. The minimum absolute atomic E-state index is 0.0455. The van der Waals surface area contributed by atoms with Crippen LogP contribution in [0.2, 0.25) is 0 Å². The molecule has 0 radical (unpaired) electrons. The number of hydrogen-bond donors (Lipinski definition) is 0. The molecular weight excluding hydrogens is 318 g/mol. The number of aromatic nitrogens is 3. The predicted molar refractivity (Wildman–Crippen MR) is 93.4 cm³/mol. The van der Waals surface area contributed by atoms with Crippen LogP contribution in [0, 0.1) is 6.92 Å². The van der Waals surface area contributed by atoms with Crippen molar-refractivity contribution >= 4 is 16.9 Å². The van der Waals surface area contributed by atoms with Gasteiger partial charge in [0.25, 0.3) is 5.89 Å². The number of rotatable bonds is 5. The summed E-state index contributed by atoms with van der Waals surface area (Å²) in [6.45, 7) is 7.82. The highest BCUT2D eigenvalue weighted by atomic mass is 16.6. The van der Waals surface area contributed by atoms with Crippen molar-refractivity contribution in [3.63, 3.8) is 0 Å². The zero-order valence-electron chi connectivity index (χ0n) is 14.9. The molecule has 0 saturated carbocycles. The van der Waals surface area contributed by atoms with E-state index in [1.807, 2.05) is 52.0 Å². The first-order valence-electron chi connectivity index (χ1n) is 8.39. The fourth-order valence-corrected chi connectivity index (χ4v) is 2.73. The molecule has 0 fully saturated rings. The first-order chi connectivity index (χ1) is 12.0. The lowest BCUT2D eigenvalue weighted by molar-refractivity contribution is 0.0431. The molecule has 0 aliphatic heterocycles. The average Bonchev–Trinajstić information content (AvgIpc) is 3.08. The Kier molecular flexibility index (Phi) is 4.79. The summed E-state index contributed by atoms with van der Waals surface area (Å²) in [5.41, 5.74) is 3.08. The minimum atomic E-state index is -0.407. The van der Waals surface area contributed by atoms with Crippen LogP contribution in [0.1, 0.15) is 60.0 Å². The number of para-hydroxylation sites is 1. The standard InChI is InChI=1S/C19H21N3O3/c1-5-14-12(4)17(13-8-6-7-9-15(13)20-14)19(23)24-10-16-21-18(11(2)3)22-25-16/h6-9,11H,5,10H2,1-4H3. The lowest BCUT2D eigenvalue weighted by Gasteiger charge is -2.12. The van der Waals surface area contributed by atoms with Gasteiger partial charge in [-0.1, -0.05) is 44.1 Å². The lowest BCUT2D eigenvalue weighted by Crippen LogP contribution is -2.11. The van der Waals surface area contributed by atoms with Crippen molar-refractivity contribution in [2.75, 3.05) is 0 Å². The van der Waals surface area contributed by atoms with Crippen LogP contribution in [-0.2, 0) is 17.8 Å². The topological polar surface area (TPSA) is 78.1 Å². The van der Waals surface area contributed by atoms with E-state index in [1.54, 1.807) is 0 Å². The summed E-state index contributed by atoms with van der Waals surface area (Å²) in [6.07, 6.45) is 0.748. The van der Waals surface area contributed by atoms with E-state index < -0.39 is 5.97 Å². The fraction of sp³-hybridized carbons (Fsp3) is 0.368. The summed E-state index contributed by atoms with van der Waals surface area (Å²) in [6, 6.07) is 7.58. The summed E-state index contributed by atoms with van der Waals surface area (Å²) in [5.74, 6) is 0.649. The van der Waals surface area contributed by atoms with Crippen LogP contribution < -0.4 is 0 Å². The van der Waals surface area contributed by atoms with E-state index in [2.05, 4.69) is 15.1 Å². The smallest absolute Gasteiger partial charge is 0.339 e. The number of nitrogens with zero attached hydrogens (tertiary/aromatic N) is 3. The first kappa shape index (κ1) is 17.1. The normalized spacial score (nSPS) is 11.2. The number of pyridine rings is 1. The third-order valence-corrected chi connectivity index (χ3v) is 4.10. The number of aryl methyl sites for hydroxylation is 1. The summed E-state index contributed by atoms with van der Waals surface area (Å²) in [4.78, 5) is 21.6. The maximum Gasteiger partial charge on any atom is 0.339 e. The van der Waals surface area contributed by atoms with Crippen LogP contribution in [-0.4, -0.2) is 21.1 Å². The molecule has 3 aromatic rings. The van der Waals surface area contributed by atoms with Crippen molar-refractivity contribution in [3.05, 3.63) is 52.8 Å². The predicted octanol–water partition coefficient (Wildman–Crippen LogP) is 3.97. The first-order valence-corrected chi connectivity index (χ1v) is 8.39. The highest BCUT2D eigenvalue weighted by Crippen LogP contribution is 2.24. The second-order valence-electron chi connectivity index (χ2n) is 6.21. The largest absolute Gasteiger partial charge is 0.452 e. The Labute approximate surface area is 146 Å². The van der Waals surface area contributed by atoms with Crippen LogP contribution in [0.4, 0.5) is 0 Å². The number of hydrogen-bond acceptors (Lipinski definition) is 6. The van der Waals surface area contributed by atoms with Crippen LogP contribution in [0.5, 0.6) is 0 Å². The molecule has 0 bridgehead atoms. The number of benzene rings is 1. The Morgan fingerprint density at radius 3 is 2.68 bits per heavy atom. The lowest BCUT2D eigenvalue weighted by atomic mass is 10.0. The van der Waals surface area contributed by atoms with Gasteiger partial charge in [0, 0.05) is 17.0 Å². The zero-order chi connectivity index (χ0) is 18.0. The molecule has 25 heavy (non-hydrogen) atoms. The van der Waals surface area contributed by atoms with Gasteiger partial charge in [-0.2, -0.15) is 4.98 Å². The molecule has 2 heterocycles. The molecule has 0 unspecified atom stereocenters. The molecule has 0 amide bonds.